The van der Waals surface area contributed by atoms with Gasteiger partial charge in [-0.2, -0.15) is 13.2 Å². The van der Waals surface area contributed by atoms with Crippen molar-refractivity contribution in [2.75, 3.05) is 11.1 Å². The molecule has 0 unspecified atom stereocenters. The zero-order chi connectivity index (χ0) is 27.3. The topological polar surface area (TPSA) is 88.9 Å². The summed E-state index contributed by atoms with van der Waals surface area (Å²) in [5.41, 5.74) is 2.29. The Labute approximate surface area is 221 Å². The maximum atomic E-state index is 13.4. The molecule has 38 heavy (non-hydrogen) atoms. The van der Waals surface area contributed by atoms with Gasteiger partial charge in [0.1, 0.15) is 0 Å². The SMILES string of the molecule is Cc1cccc(NC(=O)CSc2nnc(CNC(=O)c3cccc(C)c3)n2-c2cccc(C(F)(F)F)c2)c1. The van der Waals surface area contributed by atoms with Crippen LogP contribution in [0.15, 0.2) is 78.0 Å². The van der Waals surface area contributed by atoms with E-state index in [1.165, 1.54) is 16.7 Å². The van der Waals surface area contributed by atoms with Crippen LogP contribution in [0.1, 0.15) is 32.9 Å². The van der Waals surface area contributed by atoms with Crippen LogP contribution in [-0.4, -0.2) is 32.3 Å². The van der Waals surface area contributed by atoms with Gasteiger partial charge in [-0.25, -0.2) is 0 Å². The molecule has 4 aromatic rings. The van der Waals surface area contributed by atoms with Crippen LogP contribution in [-0.2, 0) is 17.5 Å². The van der Waals surface area contributed by atoms with Crippen molar-refractivity contribution in [2.24, 2.45) is 0 Å². The molecule has 11 heteroatoms. The second-order valence-corrected chi connectivity index (χ2v) is 9.48. The van der Waals surface area contributed by atoms with E-state index in [1.807, 2.05) is 38.1 Å². The van der Waals surface area contributed by atoms with Gasteiger partial charge < -0.3 is 10.6 Å². The molecule has 0 aliphatic rings. The minimum absolute atomic E-state index is 0.0549. The molecule has 0 saturated carbocycles. The molecule has 0 fully saturated rings. The van der Waals surface area contributed by atoms with Crippen LogP contribution in [0, 0.1) is 13.8 Å². The zero-order valence-electron chi connectivity index (χ0n) is 20.5. The third kappa shape index (κ3) is 6.80. The Morgan fingerprint density at radius 3 is 2.34 bits per heavy atom. The molecule has 0 atom stereocenters. The first-order valence-electron chi connectivity index (χ1n) is 11.6. The predicted octanol–water partition coefficient (Wildman–Crippen LogP) is 5.56. The van der Waals surface area contributed by atoms with Crippen LogP contribution < -0.4 is 10.6 Å². The maximum Gasteiger partial charge on any atom is 0.416 e. The Hall–Kier alpha value is -4.12. The Balaban J connectivity index is 1.57. The van der Waals surface area contributed by atoms with Gasteiger partial charge in [0.05, 0.1) is 23.5 Å². The molecule has 1 heterocycles. The van der Waals surface area contributed by atoms with Gasteiger partial charge in [0.2, 0.25) is 5.91 Å². The number of amides is 2. The standard InChI is InChI=1S/C27H24F3N5O2S/c1-17-6-3-8-19(12-17)25(37)31-15-23-33-34-26(35(23)22-11-5-9-20(14-22)27(28,29)30)38-16-24(36)32-21-10-4-7-18(2)13-21/h3-14H,15-16H2,1-2H3,(H,31,37)(H,32,36). The fraction of sp³-hybridized carbons (Fsp3) is 0.185. The number of aryl methyl sites for hydroxylation is 2. The summed E-state index contributed by atoms with van der Waals surface area (Å²) in [7, 11) is 0. The van der Waals surface area contributed by atoms with Crippen molar-refractivity contribution in [1.82, 2.24) is 20.1 Å². The molecule has 7 nitrogen and oxygen atoms in total. The first-order chi connectivity index (χ1) is 18.1. The molecule has 2 N–H and O–H groups in total. The lowest BCUT2D eigenvalue weighted by atomic mass is 10.1. The summed E-state index contributed by atoms with van der Waals surface area (Å²) in [6.45, 7) is 3.67. The number of anilines is 1. The van der Waals surface area contributed by atoms with E-state index in [2.05, 4.69) is 20.8 Å². The zero-order valence-corrected chi connectivity index (χ0v) is 21.4. The van der Waals surface area contributed by atoms with Crippen molar-refractivity contribution in [3.8, 4) is 5.69 Å². The Morgan fingerprint density at radius 2 is 1.63 bits per heavy atom. The van der Waals surface area contributed by atoms with Crippen molar-refractivity contribution < 1.29 is 22.8 Å². The Bertz CT molecular complexity index is 1470. The lowest BCUT2D eigenvalue weighted by molar-refractivity contribution is -0.137. The minimum Gasteiger partial charge on any atom is -0.345 e. The number of benzene rings is 3. The van der Waals surface area contributed by atoms with Gasteiger partial charge >= 0.3 is 6.18 Å². The molecule has 3 aromatic carbocycles. The Kier molecular flexibility index (Phi) is 8.16. The van der Waals surface area contributed by atoms with E-state index >= 15 is 0 Å². The summed E-state index contributed by atoms with van der Waals surface area (Å²) in [6, 6.07) is 19.0. The lowest BCUT2D eigenvalue weighted by Crippen LogP contribution is -2.24. The van der Waals surface area contributed by atoms with Crippen LogP contribution in [0.3, 0.4) is 0 Å². The van der Waals surface area contributed by atoms with Gasteiger partial charge in [0.25, 0.3) is 5.91 Å². The van der Waals surface area contributed by atoms with E-state index in [4.69, 9.17) is 0 Å². The molecule has 0 aliphatic heterocycles. The molecule has 196 valence electrons. The number of aromatic nitrogens is 3. The number of alkyl halides is 3. The maximum absolute atomic E-state index is 13.4. The van der Waals surface area contributed by atoms with Crippen molar-refractivity contribution in [3.05, 3.63) is 101 Å². The van der Waals surface area contributed by atoms with E-state index in [-0.39, 0.29) is 40.8 Å². The molecular formula is C27H24F3N5O2S. The molecular weight excluding hydrogens is 515 g/mol. The van der Waals surface area contributed by atoms with Gasteiger partial charge in [-0.3, -0.25) is 14.2 Å². The number of carbonyl (C=O) groups excluding carboxylic acids is 2. The second kappa shape index (κ2) is 11.5. The molecule has 0 aliphatic carbocycles. The van der Waals surface area contributed by atoms with Gasteiger partial charge in [-0.15, -0.1) is 10.2 Å². The summed E-state index contributed by atoms with van der Waals surface area (Å²) in [4.78, 5) is 25.2. The number of hydrogen-bond donors (Lipinski definition) is 2. The van der Waals surface area contributed by atoms with E-state index < -0.39 is 11.7 Å². The summed E-state index contributed by atoms with van der Waals surface area (Å²) >= 11 is 1.02. The van der Waals surface area contributed by atoms with E-state index in [0.717, 1.165) is 35.0 Å². The lowest BCUT2D eigenvalue weighted by Gasteiger charge is -2.13. The van der Waals surface area contributed by atoms with Crippen LogP contribution in [0.5, 0.6) is 0 Å². The molecule has 0 radical (unpaired) electrons. The molecule has 0 spiro atoms. The average molecular weight is 540 g/mol. The summed E-state index contributed by atoms with van der Waals surface area (Å²) < 4.78 is 41.7. The summed E-state index contributed by atoms with van der Waals surface area (Å²) in [6.07, 6.45) is -4.55. The van der Waals surface area contributed by atoms with E-state index in [9.17, 15) is 22.8 Å². The highest BCUT2D eigenvalue weighted by molar-refractivity contribution is 7.99. The predicted molar refractivity (Wildman–Crippen MR) is 139 cm³/mol. The summed E-state index contributed by atoms with van der Waals surface area (Å²) in [5.74, 6) is -0.514. The smallest absolute Gasteiger partial charge is 0.345 e. The van der Waals surface area contributed by atoms with Crippen LogP contribution >= 0.6 is 11.8 Å². The quantitative estimate of drug-likeness (QED) is 0.286. The van der Waals surface area contributed by atoms with Gasteiger partial charge in [0.15, 0.2) is 11.0 Å². The van der Waals surface area contributed by atoms with Crippen molar-refractivity contribution in [3.63, 3.8) is 0 Å². The van der Waals surface area contributed by atoms with Gasteiger partial charge in [-0.05, 0) is 61.9 Å². The number of halogens is 3. The highest BCUT2D eigenvalue weighted by atomic mass is 32.2. The number of rotatable bonds is 8. The molecule has 0 saturated heterocycles. The number of carbonyl (C=O) groups is 2. The number of thioether (sulfide) groups is 1. The highest BCUT2D eigenvalue weighted by Gasteiger charge is 2.31. The fourth-order valence-electron chi connectivity index (χ4n) is 3.69. The molecule has 1 aromatic heterocycles. The third-order valence-electron chi connectivity index (χ3n) is 5.45. The first-order valence-corrected chi connectivity index (χ1v) is 12.5. The van der Waals surface area contributed by atoms with Gasteiger partial charge in [-0.1, -0.05) is 47.7 Å². The summed E-state index contributed by atoms with van der Waals surface area (Å²) in [5, 5.41) is 14.0. The third-order valence-corrected chi connectivity index (χ3v) is 6.38. The molecule has 0 bridgehead atoms. The highest BCUT2D eigenvalue weighted by Crippen LogP contribution is 2.31. The largest absolute Gasteiger partial charge is 0.416 e. The second-order valence-electron chi connectivity index (χ2n) is 8.54. The van der Waals surface area contributed by atoms with Crippen LogP contribution in [0.2, 0.25) is 0 Å². The first kappa shape index (κ1) is 26.9. The Morgan fingerprint density at radius 1 is 0.921 bits per heavy atom. The van der Waals surface area contributed by atoms with Crippen LogP contribution in [0.4, 0.5) is 18.9 Å². The number of nitrogens with one attached hydrogen (secondary N) is 2. The van der Waals surface area contributed by atoms with E-state index in [0.29, 0.717) is 11.3 Å². The number of nitrogens with zero attached hydrogens (tertiary/aromatic N) is 3. The molecule has 2 amide bonds. The van der Waals surface area contributed by atoms with Crippen molar-refractivity contribution in [2.45, 2.75) is 31.7 Å². The van der Waals surface area contributed by atoms with Crippen molar-refractivity contribution in [1.29, 1.82) is 0 Å². The average Bonchev–Trinajstić information content (AvgIpc) is 3.28. The molecule has 4 rings (SSSR count). The normalized spacial score (nSPS) is 11.3. The monoisotopic (exact) mass is 539 g/mol. The fourth-order valence-corrected chi connectivity index (χ4v) is 4.46. The van der Waals surface area contributed by atoms with Gasteiger partial charge in [0, 0.05) is 11.3 Å². The van der Waals surface area contributed by atoms with Crippen LogP contribution in [0.25, 0.3) is 5.69 Å². The minimum atomic E-state index is -4.55. The van der Waals surface area contributed by atoms with Crippen molar-refractivity contribution >= 4 is 29.3 Å². The number of hydrogen-bond acceptors (Lipinski definition) is 5. The van der Waals surface area contributed by atoms with E-state index in [1.54, 1.807) is 24.3 Å².